The van der Waals surface area contributed by atoms with Gasteiger partial charge in [-0.25, -0.2) is 4.98 Å². The number of anilines is 1. The molecule has 8 heteroatoms. The lowest BCUT2D eigenvalue weighted by Gasteiger charge is -2.35. The number of amides is 1. The molecule has 2 aromatic heterocycles. The van der Waals surface area contributed by atoms with E-state index in [0.717, 1.165) is 38.3 Å². The molecule has 3 heterocycles. The quantitative estimate of drug-likeness (QED) is 0.896. The van der Waals surface area contributed by atoms with Crippen LogP contribution in [0.2, 0.25) is 5.02 Å². The van der Waals surface area contributed by atoms with Gasteiger partial charge in [0.25, 0.3) is 5.91 Å². The molecular weight excluding hydrogens is 316 g/mol. The molecule has 0 radical (unpaired) electrons. The zero-order valence-electron chi connectivity index (χ0n) is 12.5. The van der Waals surface area contributed by atoms with Gasteiger partial charge in [0.15, 0.2) is 0 Å². The van der Waals surface area contributed by atoms with Crippen molar-refractivity contribution in [2.24, 2.45) is 5.73 Å². The highest BCUT2D eigenvalue weighted by Gasteiger charge is 2.19. The molecule has 120 valence electrons. The van der Waals surface area contributed by atoms with Gasteiger partial charge >= 0.3 is 0 Å². The first-order chi connectivity index (χ1) is 11.1. The van der Waals surface area contributed by atoms with Crippen LogP contribution in [0.3, 0.4) is 0 Å². The van der Waals surface area contributed by atoms with Crippen LogP contribution in [0.25, 0.3) is 0 Å². The Hall–Kier alpha value is -2.25. The lowest BCUT2D eigenvalue weighted by Crippen LogP contribution is -2.46. The van der Waals surface area contributed by atoms with Crippen molar-refractivity contribution < 1.29 is 4.79 Å². The third-order valence-corrected chi connectivity index (χ3v) is 4.16. The number of piperazine rings is 1. The van der Waals surface area contributed by atoms with Crippen LogP contribution in [0.5, 0.6) is 0 Å². The summed E-state index contributed by atoms with van der Waals surface area (Å²) in [5.74, 6) is 0.119. The molecule has 2 N–H and O–H groups in total. The molecule has 1 aliphatic heterocycles. The number of primary amides is 1. The van der Waals surface area contributed by atoms with Crippen molar-refractivity contribution in [2.45, 2.75) is 6.54 Å². The maximum atomic E-state index is 11.2. The van der Waals surface area contributed by atoms with Crippen molar-refractivity contribution in [2.75, 3.05) is 31.1 Å². The van der Waals surface area contributed by atoms with E-state index in [1.54, 1.807) is 18.6 Å². The molecular formula is C15H17ClN6O. The van der Waals surface area contributed by atoms with E-state index >= 15 is 0 Å². The first-order valence-corrected chi connectivity index (χ1v) is 7.69. The summed E-state index contributed by atoms with van der Waals surface area (Å²) in [6, 6.07) is 1.94. The predicted octanol–water partition coefficient (Wildman–Crippen LogP) is 0.946. The average molecular weight is 333 g/mol. The molecule has 0 bridgehead atoms. The van der Waals surface area contributed by atoms with Crippen molar-refractivity contribution in [3.63, 3.8) is 0 Å². The van der Waals surface area contributed by atoms with E-state index in [4.69, 9.17) is 17.3 Å². The van der Waals surface area contributed by atoms with Crippen LogP contribution < -0.4 is 10.6 Å². The van der Waals surface area contributed by atoms with E-state index in [9.17, 15) is 4.79 Å². The van der Waals surface area contributed by atoms with Gasteiger partial charge in [0.2, 0.25) is 0 Å². The fourth-order valence-electron chi connectivity index (χ4n) is 2.53. The lowest BCUT2D eigenvalue weighted by molar-refractivity contribution is 0.0995. The van der Waals surface area contributed by atoms with Gasteiger partial charge in [0.05, 0.1) is 17.4 Å². The van der Waals surface area contributed by atoms with Crippen molar-refractivity contribution in [3.05, 3.63) is 47.1 Å². The largest absolute Gasteiger partial charge is 0.364 e. The summed E-state index contributed by atoms with van der Waals surface area (Å²) < 4.78 is 0. The van der Waals surface area contributed by atoms with Gasteiger partial charge in [-0.1, -0.05) is 11.6 Å². The molecule has 23 heavy (non-hydrogen) atoms. The Balaban J connectivity index is 1.61. The number of aromatic nitrogens is 3. The van der Waals surface area contributed by atoms with Crippen LogP contribution in [-0.2, 0) is 6.54 Å². The fraction of sp³-hybridized carbons (Fsp3) is 0.333. The summed E-state index contributed by atoms with van der Waals surface area (Å²) in [5, 5.41) is 0.690. The van der Waals surface area contributed by atoms with Gasteiger partial charge < -0.3 is 10.6 Å². The minimum atomic E-state index is -0.565. The van der Waals surface area contributed by atoms with Gasteiger partial charge in [-0.15, -0.1) is 0 Å². The molecule has 2 aromatic rings. The van der Waals surface area contributed by atoms with Crippen LogP contribution in [0, 0.1) is 0 Å². The normalized spacial score (nSPS) is 15.6. The van der Waals surface area contributed by atoms with Crippen molar-refractivity contribution >= 4 is 23.3 Å². The summed E-state index contributed by atoms with van der Waals surface area (Å²) in [5.41, 5.74) is 6.51. The van der Waals surface area contributed by atoms with Crippen LogP contribution in [0.15, 0.2) is 30.9 Å². The van der Waals surface area contributed by atoms with E-state index in [-0.39, 0.29) is 5.69 Å². The molecule has 1 aliphatic rings. The number of rotatable bonds is 4. The van der Waals surface area contributed by atoms with Gasteiger partial charge in [-0.3, -0.25) is 19.7 Å². The Morgan fingerprint density at radius 1 is 1.17 bits per heavy atom. The summed E-state index contributed by atoms with van der Waals surface area (Å²) in [4.78, 5) is 27.9. The number of carbonyl (C=O) groups excluding carboxylic acids is 1. The SMILES string of the molecule is NC(=O)c1cncc(N2CCN(Cc3ccncc3Cl)CC2)n1. The van der Waals surface area contributed by atoms with Crippen LogP contribution in [0.4, 0.5) is 5.82 Å². The number of hydrogen-bond donors (Lipinski definition) is 1. The number of halogens is 1. The highest BCUT2D eigenvalue weighted by molar-refractivity contribution is 6.31. The minimum absolute atomic E-state index is 0.188. The summed E-state index contributed by atoms with van der Waals surface area (Å²) in [7, 11) is 0. The molecule has 0 unspecified atom stereocenters. The summed E-state index contributed by atoms with van der Waals surface area (Å²) in [6.45, 7) is 4.16. The summed E-state index contributed by atoms with van der Waals surface area (Å²) in [6.07, 6.45) is 6.45. The third kappa shape index (κ3) is 3.75. The number of carbonyl (C=O) groups is 1. The Kier molecular flexibility index (Phi) is 4.68. The predicted molar refractivity (Wildman–Crippen MR) is 87.3 cm³/mol. The second-order valence-corrected chi connectivity index (χ2v) is 5.76. The van der Waals surface area contributed by atoms with E-state index in [1.807, 2.05) is 6.07 Å². The highest BCUT2D eigenvalue weighted by Crippen LogP contribution is 2.18. The number of pyridine rings is 1. The van der Waals surface area contributed by atoms with Crippen molar-refractivity contribution in [1.29, 1.82) is 0 Å². The number of nitrogens with two attached hydrogens (primary N) is 1. The molecule has 3 rings (SSSR count). The van der Waals surface area contributed by atoms with Crippen molar-refractivity contribution in [3.8, 4) is 0 Å². The second-order valence-electron chi connectivity index (χ2n) is 5.36. The number of nitrogens with zero attached hydrogens (tertiary/aromatic N) is 5. The maximum absolute atomic E-state index is 11.2. The Morgan fingerprint density at radius 2 is 1.96 bits per heavy atom. The second kappa shape index (κ2) is 6.89. The molecule has 1 amide bonds. The Morgan fingerprint density at radius 3 is 2.65 bits per heavy atom. The van der Waals surface area contributed by atoms with E-state index in [0.29, 0.717) is 10.8 Å². The summed E-state index contributed by atoms with van der Waals surface area (Å²) >= 11 is 6.15. The monoisotopic (exact) mass is 332 g/mol. The minimum Gasteiger partial charge on any atom is -0.364 e. The molecule has 0 atom stereocenters. The van der Waals surface area contributed by atoms with Crippen LogP contribution >= 0.6 is 11.6 Å². The smallest absolute Gasteiger partial charge is 0.268 e. The Labute approximate surface area is 139 Å². The topological polar surface area (TPSA) is 88.2 Å². The zero-order valence-corrected chi connectivity index (χ0v) is 13.3. The van der Waals surface area contributed by atoms with Gasteiger partial charge in [0, 0.05) is 45.1 Å². The zero-order chi connectivity index (χ0) is 16.2. The van der Waals surface area contributed by atoms with E-state index in [2.05, 4.69) is 24.8 Å². The van der Waals surface area contributed by atoms with Crippen molar-refractivity contribution in [1.82, 2.24) is 19.9 Å². The standard InChI is InChI=1S/C15H17ClN6O/c16-12-7-18-2-1-11(12)10-21-3-5-22(6-4-21)14-9-19-8-13(20-14)15(17)23/h1-2,7-9H,3-6,10H2,(H2,17,23). The molecule has 0 spiro atoms. The highest BCUT2D eigenvalue weighted by atomic mass is 35.5. The maximum Gasteiger partial charge on any atom is 0.268 e. The van der Waals surface area contributed by atoms with E-state index in [1.165, 1.54) is 6.20 Å². The first-order valence-electron chi connectivity index (χ1n) is 7.31. The molecule has 0 aromatic carbocycles. The average Bonchev–Trinajstić information content (AvgIpc) is 2.58. The molecule has 1 fully saturated rings. The first kappa shape index (κ1) is 15.6. The van der Waals surface area contributed by atoms with Gasteiger partial charge in [-0.05, 0) is 11.6 Å². The third-order valence-electron chi connectivity index (χ3n) is 3.82. The van der Waals surface area contributed by atoms with Crippen LogP contribution in [0.1, 0.15) is 16.1 Å². The molecule has 0 saturated carbocycles. The lowest BCUT2D eigenvalue weighted by atomic mass is 10.2. The van der Waals surface area contributed by atoms with Crippen LogP contribution in [-0.4, -0.2) is 51.9 Å². The van der Waals surface area contributed by atoms with Gasteiger partial charge in [-0.2, -0.15) is 0 Å². The van der Waals surface area contributed by atoms with Gasteiger partial charge in [0.1, 0.15) is 11.5 Å². The molecule has 1 saturated heterocycles. The number of hydrogen-bond acceptors (Lipinski definition) is 6. The Bertz CT molecular complexity index is 702. The molecule has 7 nitrogen and oxygen atoms in total. The van der Waals surface area contributed by atoms with E-state index < -0.39 is 5.91 Å². The fourth-order valence-corrected chi connectivity index (χ4v) is 2.71. The molecule has 0 aliphatic carbocycles.